The van der Waals surface area contributed by atoms with Gasteiger partial charge in [-0.15, -0.1) is 0 Å². The van der Waals surface area contributed by atoms with E-state index in [0.29, 0.717) is 25.0 Å². The number of hydrogen-bond donors (Lipinski definition) is 4. The van der Waals surface area contributed by atoms with E-state index in [1.807, 2.05) is 120 Å². The van der Waals surface area contributed by atoms with Crippen molar-refractivity contribution in [1.82, 2.24) is 24.1 Å². The van der Waals surface area contributed by atoms with Crippen molar-refractivity contribution in [2.45, 2.75) is 20.3 Å². The monoisotopic (exact) mass is 743 g/mol. The Balaban J connectivity index is 0.00000289. The number of nitrogens with one attached hydrogen (secondary N) is 4. The zero-order valence-electron chi connectivity index (χ0n) is 27.7. The van der Waals surface area contributed by atoms with Gasteiger partial charge >= 0.3 is 11.9 Å². The molecular formula is C32H44Cl3N15. The molecule has 0 bridgehead atoms. The summed E-state index contributed by atoms with van der Waals surface area (Å²) in [6.45, 7) is 2.87. The predicted octanol–water partition coefficient (Wildman–Crippen LogP) is 0.154. The van der Waals surface area contributed by atoms with Crippen LogP contribution < -0.4 is 55.2 Å². The molecular weight excluding hydrogens is 701 g/mol. The molecule has 0 radical (unpaired) electrons. The van der Waals surface area contributed by atoms with Gasteiger partial charge in [-0.1, -0.05) is 17.7 Å². The van der Waals surface area contributed by atoms with Gasteiger partial charge in [0.15, 0.2) is 0 Å². The second-order valence-electron chi connectivity index (χ2n) is 10.8. The lowest BCUT2D eigenvalue weighted by Gasteiger charge is -2.10. The first kappa shape index (κ1) is 41.3. The van der Waals surface area contributed by atoms with Crippen LogP contribution >= 0.6 is 11.6 Å². The minimum atomic E-state index is 0. The number of aryl methyl sites for hydroxylation is 4. The summed E-state index contributed by atoms with van der Waals surface area (Å²) in [5, 5.41) is 30.7. The Bertz CT molecular complexity index is 1640. The summed E-state index contributed by atoms with van der Waals surface area (Å²) in [6.07, 6.45) is 9.44. The Morgan fingerprint density at radius 1 is 0.600 bits per heavy atom. The standard InChI is InChI=1S/C31H38ClN15.CH4.2ClH/c1-44-19-20-45(2)30(44)42-40-25-11-7-23(8-12-25)33-15-5-17-35-28-37-27(32)38-29(39-28)36-18-6-16-34-24-9-13-26(14-10-24)41-43-31-46(3)21-22-47(31)4;;;/h7-14,19-22H,5-6,15-18H2,1-4H3,(H2,35,36,37,38,39);1H4;2*1H. The molecule has 2 aromatic carbocycles. The molecule has 3 aromatic heterocycles. The van der Waals surface area contributed by atoms with E-state index < -0.39 is 0 Å². The molecule has 0 saturated heterocycles. The van der Waals surface area contributed by atoms with Crippen molar-refractivity contribution in [3.8, 4) is 0 Å². The molecule has 5 rings (SSSR count). The van der Waals surface area contributed by atoms with Crippen LogP contribution in [0.5, 0.6) is 0 Å². The summed E-state index contributed by atoms with van der Waals surface area (Å²) in [4.78, 5) is 12.8. The second kappa shape index (κ2) is 20.6. The van der Waals surface area contributed by atoms with Crippen LogP contribution in [-0.4, -0.2) is 50.3 Å². The Kier molecular flexibility index (Phi) is 17.0. The van der Waals surface area contributed by atoms with Gasteiger partial charge in [0, 0.05) is 47.8 Å². The Labute approximate surface area is 310 Å². The van der Waals surface area contributed by atoms with Crippen molar-refractivity contribution < 1.29 is 33.9 Å². The van der Waals surface area contributed by atoms with Crippen LogP contribution in [0.4, 0.5) is 46.5 Å². The van der Waals surface area contributed by atoms with E-state index in [-0.39, 0.29) is 37.5 Å². The number of anilines is 4. The van der Waals surface area contributed by atoms with Gasteiger partial charge in [0.2, 0.25) is 17.2 Å². The SMILES string of the molecule is C.Cn1cc[n+](C)c1N=Nc1ccc(NCCCNc2nc(Cl)nc(NCCCNc3ccc(N=Nc4n(C)cc[n+]4C)cc3)n2)cc1.[Cl-].[Cl-]. The minimum absolute atomic E-state index is 0. The van der Waals surface area contributed by atoms with Gasteiger partial charge in [-0.2, -0.15) is 15.0 Å². The molecule has 15 nitrogen and oxygen atoms in total. The third-order valence-corrected chi connectivity index (χ3v) is 7.24. The molecule has 0 aliphatic rings. The zero-order chi connectivity index (χ0) is 33.0. The van der Waals surface area contributed by atoms with Gasteiger partial charge < -0.3 is 46.1 Å². The average Bonchev–Trinajstić information content (AvgIpc) is 3.57. The maximum absolute atomic E-state index is 6.15. The fraction of sp³-hybridized carbons (Fsp3) is 0.344. The molecule has 0 aliphatic heterocycles. The Hall–Kier alpha value is -4.86. The van der Waals surface area contributed by atoms with Crippen LogP contribution in [0.15, 0.2) is 93.8 Å². The highest BCUT2D eigenvalue weighted by Gasteiger charge is 2.11. The molecule has 4 N–H and O–H groups in total. The normalized spacial score (nSPS) is 10.7. The van der Waals surface area contributed by atoms with E-state index in [1.165, 1.54) is 0 Å². The number of imidazole rings is 2. The van der Waals surface area contributed by atoms with Crippen molar-refractivity contribution in [2.24, 2.45) is 48.6 Å². The molecule has 268 valence electrons. The second-order valence-corrected chi connectivity index (χ2v) is 11.1. The first-order valence-corrected chi connectivity index (χ1v) is 15.6. The number of benzene rings is 2. The van der Waals surface area contributed by atoms with Gasteiger partial charge in [-0.25, -0.2) is 18.3 Å². The highest BCUT2D eigenvalue weighted by atomic mass is 35.5. The largest absolute Gasteiger partial charge is 1.00 e. The van der Waals surface area contributed by atoms with E-state index in [9.17, 15) is 0 Å². The third kappa shape index (κ3) is 12.2. The van der Waals surface area contributed by atoms with Crippen molar-refractivity contribution >= 4 is 58.1 Å². The zero-order valence-corrected chi connectivity index (χ0v) is 30.0. The van der Waals surface area contributed by atoms with E-state index >= 15 is 0 Å². The summed E-state index contributed by atoms with van der Waals surface area (Å²) in [5.74, 6) is 2.41. The molecule has 5 aromatic rings. The van der Waals surface area contributed by atoms with Crippen LogP contribution in [0.1, 0.15) is 20.3 Å². The summed E-state index contributed by atoms with van der Waals surface area (Å²) >= 11 is 6.15. The summed E-state index contributed by atoms with van der Waals surface area (Å²) in [5.41, 5.74) is 3.59. The van der Waals surface area contributed by atoms with Crippen LogP contribution in [0.2, 0.25) is 5.28 Å². The molecule has 0 spiro atoms. The Morgan fingerprint density at radius 3 is 1.34 bits per heavy atom. The van der Waals surface area contributed by atoms with Gasteiger partial charge in [-0.05, 0) is 73.0 Å². The molecule has 3 heterocycles. The Morgan fingerprint density at radius 2 is 0.980 bits per heavy atom. The summed E-state index contributed by atoms with van der Waals surface area (Å²) in [6, 6.07) is 15.7. The predicted molar refractivity (Wildman–Crippen MR) is 189 cm³/mol. The first-order valence-electron chi connectivity index (χ1n) is 15.3. The topological polar surface area (TPSA) is 154 Å². The number of rotatable bonds is 16. The maximum atomic E-state index is 6.15. The average molecular weight is 745 g/mol. The molecule has 0 amide bonds. The molecule has 0 fully saturated rings. The van der Waals surface area contributed by atoms with Crippen molar-refractivity contribution in [2.75, 3.05) is 47.4 Å². The van der Waals surface area contributed by atoms with Gasteiger partial charge in [0.05, 0.1) is 53.0 Å². The van der Waals surface area contributed by atoms with E-state index in [0.717, 1.165) is 60.6 Å². The highest BCUT2D eigenvalue weighted by molar-refractivity contribution is 6.28. The smallest absolute Gasteiger partial charge is 0.421 e. The number of halogens is 3. The number of hydrogen-bond acceptors (Lipinski definition) is 11. The van der Waals surface area contributed by atoms with Gasteiger partial charge in [0.1, 0.15) is 11.4 Å². The maximum Gasteiger partial charge on any atom is 0.421 e. The van der Waals surface area contributed by atoms with E-state index in [1.54, 1.807) is 0 Å². The molecule has 50 heavy (non-hydrogen) atoms. The first-order chi connectivity index (χ1) is 22.8. The third-order valence-electron chi connectivity index (χ3n) is 7.07. The van der Waals surface area contributed by atoms with Crippen molar-refractivity contribution in [1.29, 1.82) is 0 Å². The van der Waals surface area contributed by atoms with Gasteiger partial charge in [-0.3, -0.25) is 0 Å². The number of aromatic nitrogens is 7. The molecule has 18 heteroatoms. The van der Waals surface area contributed by atoms with E-state index in [4.69, 9.17) is 11.6 Å². The highest BCUT2D eigenvalue weighted by Crippen LogP contribution is 2.20. The van der Waals surface area contributed by atoms with Gasteiger partial charge in [0.25, 0.3) is 0 Å². The molecule has 0 atom stereocenters. The summed E-state index contributed by atoms with van der Waals surface area (Å²) < 4.78 is 7.67. The molecule has 0 saturated carbocycles. The fourth-order valence-corrected chi connectivity index (χ4v) is 4.65. The van der Waals surface area contributed by atoms with E-state index in [2.05, 4.69) is 56.7 Å². The minimum Gasteiger partial charge on any atom is -1.00 e. The lowest BCUT2D eigenvalue weighted by atomic mass is 10.3. The lowest BCUT2D eigenvalue weighted by Crippen LogP contribution is -3.00. The number of nitrogens with zero attached hydrogens (tertiary/aromatic N) is 11. The molecule has 0 aliphatic carbocycles. The van der Waals surface area contributed by atoms with Crippen LogP contribution in [0.25, 0.3) is 0 Å². The van der Waals surface area contributed by atoms with Crippen LogP contribution in [-0.2, 0) is 28.2 Å². The quantitative estimate of drug-likeness (QED) is 0.0638. The lowest BCUT2D eigenvalue weighted by molar-refractivity contribution is -0.657. The van der Waals surface area contributed by atoms with Crippen LogP contribution in [0.3, 0.4) is 0 Å². The fourth-order valence-electron chi connectivity index (χ4n) is 4.49. The molecule has 0 unspecified atom stereocenters. The van der Waals surface area contributed by atoms with Crippen LogP contribution in [0, 0.1) is 0 Å². The van der Waals surface area contributed by atoms with Crippen molar-refractivity contribution in [3.05, 3.63) is 78.6 Å². The van der Waals surface area contributed by atoms with Crippen molar-refractivity contribution in [3.63, 3.8) is 0 Å². The summed E-state index contributed by atoms with van der Waals surface area (Å²) in [7, 11) is 7.75. The number of azo groups is 2.